The van der Waals surface area contributed by atoms with E-state index in [0.29, 0.717) is 16.8 Å². The highest BCUT2D eigenvalue weighted by Crippen LogP contribution is 2.20. The quantitative estimate of drug-likeness (QED) is 0.487. The van der Waals surface area contributed by atoms with Crippen LogP contribution in [0.25, 0.3) is 11.3 Å². The molecule has 9 heteroatoms. The van der Waals surface area contributed by atoms with Crippen LogP contribution in [0, 0.1) is 5.82 Å². The van der Waals surface area contributed by atoms with Gasteiger partial charge >= 0.3 is 0 Å². The highest BCUT2D eigenvalue weighted by molar-refractivity contribution is 5.97. The molecule has 1 heterocycles. The van der Waals surface area contributed by atoms with Gasteiger partial charge in [0.05, 0.1) is 11.9 Å². The lowest BCUT2D eigenvalue weighted by Crippen LogP contribution is -2.24. The van der Waals surface area contributed by atoms with Crippen molar-refractivity contribution in [3.05, 3.63) is 71.3 Å². The molecule has 0 aliphatic heterocycles. The number of aromatic nitrogens is 2. The van der Waals surface area contributed by atoms with E-state index in [0.717, 1.165) is 0 Å². The number of carbonyl (C=O) groups is 2. The summed E-state index contributed by atoms with van der Waals surface area (Å²) in [6.45, 7) is -0.0515. The van der Waals surface area contributed by atoms with Crippen molar-refractivity contribution >= 4 is 23.3 Å². The molecule has 6 N–H and O–H groups in total. The second-order valence-corrected chi connectivity index (χ2v) is 6.14. The molecule has 0 atom stereocenters. The Kier molecular flexibility index (Phi) is 5.68. The summed E-state index contributed by atoms with van der Waals surface area (Å²) in [5.41, 5.74) is 13.2. The smallest absolute Gasteiger partial charge is 0.273 e. The molecule has 29 heavy (non-hydrogen) atoms. The van der Waals surface area contributed by atoms with Gasteiger partial charge in [-0.2, -0.15) is 0 Å². The Labute approximate surface area is 166 Å². The number of nitrogens with one attached hydrogen (secondary N) is 2. The van der Waals surface area contributed by atoms with Crippen LogP contribution in [-0.2, 0) is 6.54 Å². The Morgan fingerprint density at radius 1 is 1.10 bits per heavy atom. The molecular weight excluding hydrogens is 375 g/mol. The SMILES string of the molecule is CNC(=O)c1nc(-c2cccc(C(=O)NCc3c(N)cccc3F)c2)cnc1N. The molecule has 8 nitrogen and oxygen atoms in total. The van der Waals surface area contributed by atoms with E-state index in [1.807, 2.05) is 0 Å². The van der Waals surface area contributed by atoms with E-state index in [-0.39, 0.29) is 29.3 Å². The van der Waals surface area contributed by atoms with Crippen LogP contribution in [0.3, 0.4) is 0 Å². The van der Waals surface area contributed by atoms with Gasteiger partial charge in [0.2, 0.25) is 0 Å². The lowest BCUT2D eigenvalue weighted by atomic mass is 10.1. The molecule has 1 aromatic heterocycles. The Hall–Kier alpha value is -4.01. The number of carbonyl (C=O) groups excluding carboxylic acids is 2. The first kappa shape index (κ1) is 19.7. The van der Waals surface area contributed by atoms with Gasteiger partial charge in [-0.1, -0.05) is 18.2 Å². The van der Waals surface area contributed by atoms with Gasteiger partial charge in [-0.15, -0.1) is 0 Å². The maximum atomic E-state index is 13.9. The fourth-order valence-electron chi connectivity index (χ4n) is 2.68. The molecule has 0 saturated carbocycles. The minimum absolute atomic E-state index is 0.00414. The van der Waals surface area contributed by atoms with E-state index < -0.39 is 17.6 Å². The minimum Gasteiger partial charge on any atom is -0.398 e. The molecule has 0 aliphatic carbocycles. The van der Waals surface area contributed by atoms with Crippen LogP contribution in [0.4, 0.5) is 15.9 Å². The average molecular weight is 394 g/mol. The van der Waals surface area contributed by atoms with E-state index in [4.69, 9.17) is 11.5 Å². The third kappa shape index (κ3) is 4.29. The van der Waals surface area contributed by atoms with Crippen molar-refractivity contribution in [3.63, 3.8) is 0 Å². The van der Waals surface area contributed by atoms with Crippen molar-refractivity contribution < 1.29 is 14.0 Å². The summed E-state index contributed by atoms with van der Waals surface area (Å²) in [7, 11) is 1.46. The number of nitrogens with two attached hydrogens (primary N) is 2. The van der Waals surface area contributed by atoms with Gasteiger partial charge in [0.25, 0.3) is 11.8 Å². The predicted octanol–water partition coefficient (Wildman–Crippen LogP) is 1.74. The van der Waals surface area contributed by atoms with Gasteiger partial charge in [-0.3, -0.25) is 9.59 Å². The predicted molar refractivity (Wildman–Crippen MR) is 107 cm³/mol. The van der Waals surface area contributed by atoms with Crippen LogP contribution in [0.1, 0.15) is 26.4 Å². The van der Waals surface area contributed by atoms with Crippen molar-refractivity contribution in [1.82, 2.24) is 20.6 Å². The lowest BCUT2D eigenvalue weighted by Gasteiger charge is -2.10. The number of anilines is 2. The molecule has 148 valence electrons. The number of hydrogen-bond acceptors (Lipinski definition) is 6. The molecule has 0 bridgehead atoms. The summed E-state index contributed by atoms with van der Waals surface area (Å²) in [6.07, 6.45) is 1.42. The number of nitrogen functional groups attached to an aromatic ring is 2. The van der Waals surface area contributed by atoms with E-state index in [1.165, 1.54) is 25.4 Å². The summed E-state index contributed by atoms with van der Waals surface area (Å²) in [6, 6.07) is 10.9. The molecule has 0 aliphatic rings. The minimum atomic E-state index is -0.488. The normalized spacial score (nSPS) is 10.4. The Morgan fingerprint density at radius 3 is 2.59 bits per heavy atom. The monoisotopic (exact) mass is 394 g/mol. The van der Waals surface area contributed by atoms with Gasteiger partial charge in [0.15, 0.2) is 11.5 Å². The highest BCUT2D eigenvalue weighted by atomic mass is 19.1. The van der Waals surface area contributed by atoms with Crippen molar-refractivity contribution in [3.8, 4) is 11.3 Å². The first-order valence-electron chi connectivity index (χ1n) is 8.66. The van der Waals surface area contributed by atoms with Crippen LogP contribution in [0.5, 0.6) is 0 Å². The standard InChI is InChI=1S/C20H19FN6O2/c1-24-20(29)17-18(23)25-10-16(27-17)11-4-2-5-12(8-11)19(28)26-9-13-14(21)6-3-7-15(13)22/h2-8,10H,9,22H2,1H3,(H2,23,25)(H,24,29)(H,26,28). The first-order valence-corrected chi connectivity index (χ1v) is 8.66. The van der Waals surface area contributed by atoms with Gasteiger partial charge in [-0.25, -0.2) is 14.4 Å². The van der Waals surface area contributed by atoms with E-state index in [1.54, 1.807) is 30.3 Å². The Morgan fingerprint density at radius 2 is 1.86 bits per heavy atom. The summed E-state index contributed by atoms with van der Waals surface area (Å²) in [5, 5.41) is 5.09. The molecular formula is C20H19FN6O2. The van der Waals surface area contributed by atoms with Crippen LogP contribution in [0.15, 0.2) is 48.7 Å². The second-order valence-electron chi connectivity index (χ2n) is 6.14. The third-order valence-corrected chi connectivity index (χ3v) is 4.24. The maximum Gasteiger partial charge on any atom is 0.273 e. The first-order chi connectivity index (χ1) is 13.9. The van der Waals surface area contributed by atoms with Gasteiger partial charge < -0.3 is 22.1 Å². The van der Waals surface area contributed by atoms with Crippen molar-refractivity contribution in [1.29, 1.82) is 0 Å². The number of benzene rings is 2. The Balaban J connectivity index is 1.82. The number of halogens is 1. The topological polar surface area (TPSA) is 136 Å². The molecule has 0 saturated heterocycles. The largest absolute Gasteiger partial charge is 0.398 e. The summed E-state index contributed by atoms with van der Waals surface area (Å²) < 4.78 is 13.9. The zero-order chi connectivity index (χ0) is 21.0. The Bertz CT molecular complexity index is 1070. The zero-order valence-electron chi connectivity index (χ0n) is 15.6. The molecule has 3 aromatic rings. The zero-order valence-corrected chi connectivity index (χ0v) is 15.6. The number of amides is 2. The molecule has 3 rings (SSSR count). The number of hydrogen-bond donors (Lipinski definition) is 4. The molecule has 2 aromatic carbocycles. The molecule has 2 amide bonds. The van der Waals surface area contributed by atoms with Crippen molar-refractivity contribution in [2.75, 3.05) is 18.5 Å². The number of rotatable bonds is 5. The average Bonchev–Trinajstić information content (AvgIpc) is 2.73. The highest BCUT2D eigenvalue weighted by Gasteiger charge is 2.15. The molecule has 0 unspecified atom stereocenters. The third-order valence-electron chi connectivity index (χ3n) is 4.24. The van der Waals surface area contributed by atoms with Crippen LogP contribution < -0.4 is 22.1 Å². The van der Waals surface area contributed by atoms with Gasteiger partial charge in [-0.05, 0) is 24.3 Å². The van der Waals surface area contributed by atoms with Crippen LogP contribution in [-0.4, -0.2) is 28.8 Å². The number of nitrogens with zero attached hydrogens (tertiary/aromatic N) is 2. The second kappa shape index (κ2) is 8.34. The van der Waals surface area contributed by atoms with E-state index in [2.05, 4.69) is 20.6 Å². The van der Waals surface area contributed by atoms with Crippen LogP contribution in [0.2, 0.25) is 0 Å². The summed E-state index contributed by atoms with van der Waals surface area (Å²) >= 11 is 0. The van der Waals surface area contributed by atoms with Crippen molar-refractivity contribution in [2.45, 2.75) is 6.54 Å². The van der Waals surface area contributed by atoms with Crippen LogP contribution >= 0.6 is 0 Å². The fraction of sp³-hybridized carbons (Fsp3) is 0.100. The van der Waals surface area contributed by atoms with Gasteiger partial charge in [0, 0.05) is 36.0 Å². The van der Waals surface area contributed by atoms with Crippen molar-refractivity contribution in [2.24, 2.45) is 0 Å². The molecule has 0 fully saturated rings. The van der Waals surface area contributed by atoms with E-state index >= 15 is 0 Å². The summed E-state index contributed by atoms with van der Waals surface area (Å²) in [5.74, 6) is -1.36. The molecule has 0 radical (unpaired) electrons. The lowest BCUT2D eigenvalue weighted by molar-refractivity contribution is 0.0945. The maximum absolute atomic E-state index is 13.9. The fourth-order valence-corrected chi connectivity index (χ4v) is 2.68. The molecule has 0 spiro atoms. The van der Waals surface area contributed by atoms with Gasteiger partial charge in [0.1, 0.15) is 5.82 Å². The summed E-state index contributed by atoms with van der Waals surface area (Å²) in [4.78, 5) is 32.6. The van der Waals surface area contributed by atoms with E-state index in [9.17, 15) is 14.0 Å².